The Bertz CT molecular complexity index is 1130. The molecule has 32 heavy (non-hydrogen) atoms. The Morgan fingerprint density at radius 1 is 1.34 bits per heavy atom. The molecule has 2 aliphatic heterocycles. The third-order valence-corrected chi connectivity index (χ3v) is 5.69. The van der Waals surface area contributed by atoms with Crippen LogP contribution in [0.25, 0.3) is 11.5 Å². The molecule has 2 atom stereocenters. The minimum atomic E-state index is -0.427. The highest BCUT2D eigenvalue weighted by Gasteiger charge is 2.28. The van der Waals surface area contributed by atoms with E-state index in [4.69, 9.17) is 4.42 Å². The van der Waals surface area contributed by atoms with Crippen molar-refractivity contribution in [2.45, 2.75) is 37.9 Å². The predicted octanol–water partition coefficient (Wildman–Crippen LogP) is 0.355. The van der Waals surface area contributed by atoms with Gasteiger partial charge >= 0.3 is 11.8 Å². The highest BCUT2D eigenvalue weighted by Crippen LogP contribution is 2.31. The molecule has 0 radical (unpaired) electrons. The van der Waals surface area contributed by atoms with Crippen molar-refractivity contribution in [3.63, 3.8) is 0 Å². The van der Waals surface area contributed by atoms with Gasteiger partial charge in [0.05, 0.1) is 23.9 Å². The van der Waals surface area contributed by atoms with E-state index in [9.17, 15) is 10.1 Å². The Kier molecular flexibility index (Phi) is 5.47. The molecule has 2 fully saturated rings. The summed E-state index contributed by atoms with van der Waals surface area (Å²) in [5, 5.41) is 31.4. The number of nitriles is 1. The number of amides is 1. The van der Waals surface area contributed by atoms with Crippen molar-refractivity contribution in [2.24, 2.45) is 0 Å². The summed E-state index contributed by atoms with van der Waals surface area (Å²) < 4.78 is 7.46. The second-order valence-corrected chi connectivity index (χ2v) is 7.95. The van der Waals surface area contributed by atoms with E-state index in [0.29, 0.717) is 30.0 Å². The zero-order chi connectivity index (χ0) is 21.9. The van der Waals surface area contributed by atoms with Crippen LogP contribution in [0.4, 0.5) is 5.82 Å². The van der Waals surface area contributed by atoms with Gasteiger partial charge in [-0.1, -0.05) is 5.21 Å². The standard InChI is InChI=1S/C20H22N10O2/c21-9-13-7-16(17(23-10-13)29-4-1-2-5-29)19-26-27-20(32-19)18(31)25-14-8-15(22-11-14)12-30-6-3-24-28-30/h3,6-7,10,14-15,22H,1-2,4-5,8,11-12H2,(H,25,31)/t14-,15+/m1/s1. The second kappa shape index (κ2) is 8.72. The Morgan fingerprint density at radius 3 is 3.00 bits per heavy atom. The largest absolute Gasteiger partial charge is 0.412 e. The maximum absolute atomic E-state index is 12.7. The smallest absolute Gasteiger partial charge is 0.309 e. The Hall–Kier alpha value is -3.85. The lowest BCUT2D eigenvalue weighted by Crippen LogP contribution is -2.36. The molecule has 3 aromatic heterocycles. The van der Waals surface area contributed by atoms with Gasteiger partial charge in [-0.15, -0.1) is 15.3 Å². The topological polar surface area (TPSA) is 151 Å². The summed E-state index contributed by atoms with van der Waals surface area (Å²) in [6, 6.07) is 3.88. The van der Waals surface area contributed by atoms with Crippen molar-refractivity contribution in [2.75, 3.05) is 24.5 Å². The maximum Gasteiger partial charge on any atom is 0.309 e. The van der Waals surface area contributed by atoms with E-state index in [1.807, 2.05) is 0 Å². The van der Waals surface area contributed by atoms with Crippen LogP contribution in [0, 0.1) is 11.3 Å². The number of carbonyl (C=O) groups is 1. The lowest BCUT2D eigenvalue weighted by molar-refractivity contribution is 0.0905. The third kappa shape index (κ3) is 4.15. The zero-order valence-corrected chi connectivity index (χ0v) is 17.3. The molecular weight excluding hydrogens is 412 g/mol. The van der Waals surface area contributed by atoms with Gasteiger partial charge in [0.2, 0.25) is 0 Å². The maximum atomic E-state index is 12.7. The van der Waals surface area contributed by atoms with Crippen LogP contribution in [0.5, 0.6) is 0 Å². The summed E-state index contributed by atoms with van der Waals surface area (Å²) in [6.45, 7) is 3.06. The van der Waals surface area contributed by atoms with Gasteiger partial charge in [-0.25, -0.2) is 4.98 Å². The number of hydrogen-bond acceptors (Lipinski definition) is 10. The van der Waals surface area contributed by atoms with Crippen molar-refractivity contribution in [3.8, 4) is 17.5 Å². The number of anilines is 1. The first-order chi connectivity index (χ1) is 15.7. The molecule has 0 aliphatic carbocycles. The van der Waals surface area contributed by atoms with Gasteiger partial charge in [0, 0.05) is 44.1 Å². The second-order valence-electron chi connectivity index (χ2n) is 7.95. The van der Waals surface area contributed by atoms with Crippen molar-refractivity contribution in [1.82, 2.24) is 40.8 Å². The van der Waals surface area contributed by atoms with Gasteiger partial charge < -0.3 is 20.0 Å². The first-order valence-electron chi connectivity index (χ1n) is 10.6. The molecule has 0 aromatic carbocycles. The van der Waals surface area contributed by atoms with Crippen LogP contribution in [0.2, 0.25) is 0 Å². The van der Waals surface area contributed by atoms with Crippen LogP contribution in [0.15, 0.2) is 29.1 Å². The van der Waals surface area contributed by atoms with Gasteiger partial charge in [0.1, 0.15) is 11.9 Å². The molecule has 164 valence electrons. The van der Waals surface area contributed by atoms with Crippen LogP contribution in [0.3, 0.4) is 0 Å². The van der Waals surface area contributed by atoms with E-state index in [0.717, 1.165) is 32.4 Å². The summed E-state index contributed by atoms with van der Waals surface area (Å²) in [5.74, 6) is 0.321. The molecule has 1 amide bonds. The molecule has 2 saturated heterocycles. The predicted molar refractivity (Wildman–Crippen MR) is 111 cm³/mol. The van der Waals surface area contributed by atoms with Crippen molar-refractivity contribution >= 4 is 11.7 Å². The summed E-state index contributed by atoms with van der Waals surface area (Å²) >= 11 is 0. The Balaban J connectivity index is 1.28. The number of carbonyl (C=O) groups excluding carboxylic acids is 1. The number of pyridine rings is 1. The third-order valence-electron chi connectivity index (χ3n) is 5.69. The van der Waals surface area contributed by atoms with Crippen LogP contribution in [0.1, 0.15) is 35.5 Å². The molecule has 5 rings (SSSR count). The molecule has 3 aromatic rings. The SMILES string of the molecule is N#Cc1cnc(N2CCCC2)c(-c2nnc(C(=O)N[C@H]3CN[C@H](Cn4ccnn4)C3)o2)c1. The minimum Gasteiger partial charge on any atom is -0.412 e. The van der Waals surface area contributed by atoms with Crippen LogP contribution in [-0.4, -0.2) is 67.8 Å². The molecule has 5 heterocycles. The van der Waals surface area contributed by atoms with Gasteiger partial charge in [-0.2, -0.15) is 5.26 Å². The quantitative estimate of drug-likeness (QED) is 0.556. The van der Waals surface area contributed by atoms with E-state index >= 15 is 0 Å². The van der Waals surface area contributed by atoms with E-state index in [-0.39, 0.29) is 23.9 Å². The molecule has 0 saturated carbocycles. The fourth-order valence-corrected chi connectivity index (χ4v) is 4.15. The molecule has 2 N–H and O–H groups in total. The van der Waals surface area contributed by atoms with Crippen LogP contribution in [-0.2, 0) is 6.54 Å². The van der Waals surface area contributed by atoms with E-state index in [1.54, 1.807) is 23.1 Å². The molecule has 12 nitrogen and oxygen atoms in total. The summed E-state index contributed by atoms with van der Waals surface area (Å²) in [5.41, 5.74) is 0.954. The first-order valence-corrected chi connectivity index (χ1v) is 10.6. The fourth-order valence-electron chi connectivity index (χ4n) is 4.15. The normalized spacial score (nSPS) is 20.4. The van der Waals surface area contributed by atoms with E-state index in [2.05, 4.69) is 47.1 Å². The summed E-state index contributed by atoms with van der Waals surface area (Å²) in [4.78, 5) is 19.3. The summed E-state index contributed by atoms with van der Waals surface area (Å²) in [7, 11) is 0. The fraction of sp³-hybridized carbons (Fsp3) is 0.450. The molecular formula is C20H22N10O2. The van der Waals surface area contributed by atoms with E-state index < -0.39 is 5.91 Å². The van der Waals surface area contributed by atoms with Gasteiger partial charge in [0.15, 0.2) is 0 Å². The molecule has 0 spiro atoms. The van der Waals surface area contributed by atoms with Gasteiger partial charge in [-0.05, 0) is 25.3 Å². The molecule has 2 aliphatic rings. The highest BCUT2D eigenvalue weighted by atomic mass is 16.4. The minimum absolute atomic E-state index is 0.0601. The highest BCUT2D eigenvalue weighted by molar-refractivity contribution is 5.90. The Labute approximate surface area is 183 Å². The van der Waals surface area contributed by atoms with Gasteiger partial charge in [0.25, 0.3) is 5.89 Å². The van der Waals surface area contributed by atoms with Crippen LogP contribution < -0.4 is 15.5 Å². The van der Waals surface area contributed by atoms with Crippen molar-refractivity contribution in [1.29, 1.82) is 5.26 Å². The molecule has 12 heteroatoms. The number of rotatable bonds is 6. The average molecular weight is 434 g/mol. The van der Waals surface area contributed by atoms with Crippen molar-refractivity contribution < 1.29 is 9.21 Å². The average Bonchev–Trinajstić information content (AvgIpc) is 3.62. The molecule has 0 bridgehead atoms. The van der Waals surface area contributed by atoms with Gasteiger partial charge in [-0.3, -0.25) is 9.48 Å². The lowest BCUT2D eigenvalue weighted by Gasteiger charge is -2.18. The summed E-state index contributed by atoms with van der Waals surface area (Å²) in [6.07, 6.45) is 7.88. The monoisotopic (exact) mass is 434 g/mol. The van der Waals surface area contributed by atoms with Crippen LogP contribution >= 0.6 is 0 Å². The number of hydrogen-bond donors (Lipinski definition) is 2. The zero-order valence-electron chi connectivity index (χ0n) is 17.3. The Morgan fingerprint density at radius 2 is 2.22 bits per heavy atom. The first kappa shape index (κ1) is 20.1. The number of aromatic nitrogens is 6. The number of nitrogens with zero attached hydrogens (tertiary/aromatic N) is 8. The van der Waals surface area contributed by atoms with E-state index in [1.165, 1.54) is 6.20 Å². The number of nitrogens with one attached hydrogen (secondary N) is 2. The molecule has 0 unspecified atom stereocenters. The van der Waals surface area contributed by atoms with Crippen molar-refractivity contribution in [3.05, 3.63) is 36.1 Å². The lowest BCUT2D eigenvalue weighted by atomic mass is 10.1.